The molecular weight excluding hydrogens is 589 g/mol. The van der Waals surface area contributed by atoms with Gasteiger partial charge in [0.2, 0.25) is 5.95 Å². The van der Waals surface area contributed by atoms with Crippen LogP contribution in [0.1, 0.15) is 36.3 Å². The van der Waals surface area contributed by atoms with Crippen molar-refractivity contribution in [1.29, 1.82) is 10.7 Å². The maximum atomic E-state index is 15.0. The van der Waals surface area contributed by atoms with Crippen molar-refractivity contribution < 1.29 is 18.7 Å². The highest BCUT2D eigenvalue weighted by atomic mass is 19.1. The SMILES string of the molecule is N#Cc1cc(-c2ncnc(Nc3ccc(C4CCN(C5COC5)CC4)cc3)n2)ccc1OC1CCN(C(=O)/C(N)=C/C=N)CC1F. The van der Waals surface area contributed by atoms with Gasteiger partial charge in [-0.1, -0.05) is 12.1 Å². The lowest BCUT2D eigenvalue weighted by Gasteiger charge is -2.41. The fraction of sp³-hybridized carbons (Fsp3) is 0.394. The summed E-state index contributed by atoms with van der Waals surface area (Å²) in [6, 6.07) is 16.0. The minimum atomic E-state index is -1.48. The number of nitrogens with one attached hydrogen (secondary N) is 2. The number of nitriles is 1. The molecule has 1 amide bonds. The molecule has 3 saturated heterocycles. The first kappa shape index (κ1) is 31.1. The quantitative estimate of drug-likeness (QED) is 0.236. The minimum Gasteiger partial charge on any atom is -0.486 e. The summed E-state index contributed by atoms with van der Waals surface area (Å²) >= 11 is 0. The number of alkyl halides is 1. The monoisotopic (exact) mass is 625 g/mol. The maximum absolute atomic E-state index is 15.0. The number of hydrogen-bond acceptors (Lipinski definition) is 11. The summed E-state index contributed by atoms with van der Waals surface area (Å²) in [5.74, 6) is 0.986. The van der Waals surface area contributed by atoms with E-state index in [0.29, 0.717) is 29.3 Å². The van der Waals surface area contributed by atoms with E-state index in [0.717, 1.165) is 51.0 Å². The van der Waals surface area contributed by atoms with Crippen molar-refractivity contribution in [3.05, 3.63) is 71.7 Å². The molecule has 4 heterocycles. The van der Waals surface area contributed by atoms with Crippen LogP contribution in [0.4, 0.5) is 16.0 Å². The van der Waals surface area contributed by atoms with Crippen LogP contribution in [0.2, 0.25) is 0 Å². The van der Waals surface area contributed by atoms with Crippen molar-refractivity contribution in [2.24, 2.45) is 5.73 Å². The second-order valence-corrected chi connectivity index (χ2v) is 11.7. The Hall–Kier alpha value is -4.93. The van der Waals surface area contributed by atoms with Crippen LogP contribution in [0.5, 0.6) is 5.75 Å². The van der Waals surface area contributed by atoms with Crippen molar-refractivity contribution in [1.82, 2.24) is 24.8 Å². The summed E-state index contributed by atoms with van der Waals surface area (Å²) in [5.41, 5.74) is 8.51. The van der Waals surface area contributed by atoms with Gasteiger partial charge >= 0.3 is 0 Å². The third kappa shape index (κ3) is 6.98. The van der Waals surface area contributed by atoms with Crippen LogP contribution in [-0.4, -0.2) is 94.6 Å². The lowest BCUT2D eigenvalue weighted by atomic mass is 9.88. The number of ether oxygens (including phenoxy) is 2. The van der Waals surface area contributed by atoms with Crippen molar-refractivity contribution >= 4 is 23.8 Å². The molecule has 4 N–H and O–H groups in total. The molecule has 2 atom stereocenters. The normalized spacial score (nSPS) is 21.2. The van der Waals surface area contributed by atoms with Crippen LogP contribution >= 0.6 is 0 Å². The summed E-state index contributed by atoms with van der Waals surface area (Å²) in [5, 5.41) is 20.1. The zero-order chi connectivity index (χ0) is 32.0. The first-order valence-electron chi connectivity index (χ1n) is 15.4. The Balaban J connectivity index is 1.07. The highest BCUT2D eigenvalue weighted by molar-refractivity contribution is 5.96. The zero-order valence-electron chi connectivity index (χ0n) is 25.3. The minimum absolute atomic E-state index is 0.125. The molecule has 46 heavy (non-hydrogen) atoms. The third-order valence-corrected chi connectivity index (χ3v) is 8.79. The topological polar surface area (TPSA) is 166 Å². The van der Waals surface area contributed by atoms with E-state index >= 15 is 4.39 Å². The Morgan fingerprint density at radius 3 is 2.59 bits per heavy atom. The van der Waals surface area contributed by atoms with E-state index in [1.807, 2.05) is 12.1 Å². The van der Waals surface area contributed by atoms with E-state index in [2.05, 4.69) is 43.4 Å². The van der Waals surface area contributed by atoms with E-state index in [1.54, 1.807) is 18.2 Å². The molecule has 0 saturated carbocycles. The Bertz CT molecular complexity index is 1630. The smallest absolute Gasteiger partial charge is 0.269 e. The van der Waals surface area contributed by atoms with Crippen LogP contribution in [-0.2, 0) is 9.53 Å². The summed E-state index contributed by atoms with van der Waals surface area (Å²) in [7, 11) is 0. The van der Waals surface area contributed by atoms with Gasteiger partial charge in [0.1, 0.15) is 24.3 Å². The average Bonchev–Trinajstić information content (AvgIpc) is 3.05. The number of hydrogen-bond donors (Lipinski definition) is 3. The number of halogens is 1. The number of rotatable bonds is 9. The van der Waals surface area contributed by atoms with E-state index in [1.165, 1.54) is 22.9 Å². The fourth-order valence-corrected chi connectivity index (χ4v) is 6.06. The van der Waals surface area contributed by atoms with E-state index in [4.69, 9.17) is 20.6 Å². The van der Waals surface area contributed by atoms with Gasteiger partial charge in [0, 0.05) is 30.4 Å². The molecular formula is C33H36FN9O3. The van der Waals surface area contributed by atoms with Crippen LogP contribution < -0.4 is 15.8 Å². The molecule has 3 aromatic rings. The number of likely N-dealkylation sites (tertiary alicyclic amines) is 2. The van der Waals surface area contributed by atoms with Crippen LogP contribution in [0.3, 0.4) is 0 Å². The number of anilines is 2. The Labute approximate surface area is 266 Å². The lowest BCUT2D eigenvalue weighted by molar-refractivity contribution is -0.131. The summed E-state index contributed by atoms with van der Waals surface area (Å²) in [4.78, 5) is 29.3. The van der Waals surface area contributed by atoms with Crippen molar-refractivity contribution in [2.75, 3.05) is 44.7 Å². The first-order valence-corrected chi connectivity index (χ1v) is 15.4. The summed E-state index contributed by atoms with van der Waals surface area (Å²) in [6.07, 6.45) is 3.66. The molecule has 1 aromatic heterocycles. The molecule has 2 unspecified atom stereocenters. The Morgan fingerprint density at radius 1 is 1.13 bits per heavy atom. The number of amides is 1. The number of carbonyl (C=O) groups excluding carboxylic acids is 1. The molecule has 238 valence electrons. The summed E-state index contributed by atoms with van der Waals surface area (Å²) < 4.78 is 26.3. The van der Waals surface area contributed by atoms with Crippen molar-refractivity contribution in [2.45, 2.75) is 43.5 Å². The van der Waals surface area contributed by atoms with E-state index in [9.17, 15) is 10.1 Å². The second kappa shape index (κ2) is 14.0. The van der Waals surface area contributed by atoms with Gasteiger partial charge in [-0.25, -0.2) is 14.4 Å². The van der Waals surface area contributed by atoms with Gasteiger partial charge in [-0.15, -0.1) is 0 Å². The van der Waals surface area contributed by atoms with Crippen molar-refractivity contribution in [3.63, 3.8) is 0 Å². The molecule has 0 aliphatic carbocycles. The van der Waals surface area contributed by atoms with Crippen LogP contribution in [0, 0.1) is 16.7 Å². The van der Waals surface area contributed by atoms with Gasteiger partial charge in [0.15, 0.2) is 12.0 Å². The number of aromatic nitrogens is 3. The van der Waals surface area contributed by atoms with Crippen LogP contribution in [0.25, 0.3) is 11.4 Å². The molecule has 3 aliphatic rings. The molecule has 12 nitrogen and oxygen atoms in total. The van der Waals surface area contributed by atoms with E-state index in [-0.39, 0.29) is 36.5 Å². The summed E-state index contributed by atoms with van der Waals surface area (Å²) in [6.45, 7) is 3.96. The zero-order valence-corrected chi connectivity index (χ0v) is 25.3. The number of allylic oxidation sites excluding steroid dienone is 1. The van der Waals surface area contributed by atoms with Gasteiger partial charge in [-0.3, -0.25) is 9.69 Å². The number of carbonyl (C=O) groups is 1. The molecule has 2 aromatic carbocycles. The molecule has 3 fully saturated rings. The average molecular weight is 626 g/mol. The molecule has 3 aliphatic heterocycles. The third-order valence-electron chi connectivity index (χ3n) is 8.79. The van der Waals surface area contributed by atoms with Gasteiger partial charge in [-0.05, 0) is 73.8 Å². The standard InChI is InChI=1S/C33H36FN9O3/c34-27-17-43(32(44)28(37)7-11-35)14-10-30(27)46-29-6-3-23(15-24(29)16-36)31-38-20-39-33(41-31)40-25-4-1-21(2-5-25)22-8-12-42(13-9-22)26-18-45-19-26/h1-7,11,15,20,22,26-27,30,35H,8-10,12-14,17-19,37H2,(H,38,39,40,41)/b28-7-,35-11?. The van der Waals surface area contributed by atoms with Gasteiger partial charge in [-0.2, -0.15) is 10.2 Å². The van der Waals surface area contributed by atoms with Crippen LogP contribution in [0.15, 0.2) is 60.6 Å². The first-order chi connectivity index (χ1) is 22.4. The largest absolute Gasteiger partial charge is 0.486 e. The van der Waals surface area contributed by atoms with Gasteiger partial charge < -0.3 is 30.8 Å². The fourth-order valence-electron chi connectivity index (χ4n) is 6.06. The van der Waals surface area contributed by atoms with Crippen molar-refractivity contribution in [3.8, 4) is 23.2 Å². The second-order valence-electron chi connectivity index (χ2n) is 11.7. The highest BCUT2D eigenvalue weighted by Crippen LogP contribution is 2.32. The molecule has 13 heteroatoms. The van der Waals surface area contributed by atoms with E-state index < -0.39 is 18.2 Å². The predicted molar refractivity (Wildman–Crippen MR) is 169 cm³/mol. The number of nitrogens with zero attached hydrogens (tertiary/aromatic N) is 6. The lowest BCUT2D eigenvalue weighted by Crippen LogP contribution is -2.51. The Morgan fingerprint density at radius 2 is 1.91 bits per heavy atom. The molecule has 0 spiro atoms. The molecule has 6 rings (SSSR count). The number of piperidine rings is 2. The molecule has 0 bridgehead atoms. The Kier molecular flexibility index (Phi) is 9.46. The predicted octanol–water partition coefficient (Wildman–Crippen LogP) is 3.54. The van der Waals surface area contributed by atoms with Gasteiger partial charge in [0.25, 0.3) is 5.91 Å². The maximum Gasteiger partial charge on any atom is 0.269 e. The number of benzene rings is 2. The number of nitrogens with two attached hydrogens (primary N) is 1. The van der Waals surface area contributed by atoms with Gasteiger partial charge in [0.05, 0.1) is 37.1 Å². The highest BCUT2D eigenvalue weighted by Gasteiger charge is 2.34. The molecule has 0 radical (unpaired) electrons.